The minimum atomic E-state index is -3.28. The third-order valence-corrected chi connectivity index (χ3v) is 6.12. The molecule has 0 aliphatic heterocycles. The molecule has 2 N–H and O–H groups in total. The summed E-state index contributed by atoms with van der Waals surface area (Å²) < 4.78 is 22.0. The molecule has 6 nitrogen and oxygen atoms in total. The summed E-state index contributed by atoms with van der Waals surface area (Å²) in [6.45, 7) is 3.08. The van der Waals surface area contributed by atoms with Crippen LogP contribution < -0.4 is 5.32 Å². The molecule has 1 aromatic heterocycles. The molecule has 0 aliphatic carbocycles. The number of nitrogens with one attached hydrogen (secondary N) is 1. The highest BCUT2D eigenvalue weighted by Gasteiger charge is 2.30. The van der Waals surface area contributed by atoms with E-state index in [1.807, 2.05) is 0 Å². The van der Waals surface area contributed by atoms with Gasteiger partial charge in [-0.15, -0.1) is 11.3 Å². The van der Waals surface area contributed by atoms with Crippen molar-refractivity contribution in [1.82, 2.24) is 5.32 Å². The Hall–Kier alpha value is -1.67. The molecule has 21 heavy (non-hydrogen) atoms. The summed E-state index contributed by atoms with van der Waals surface area (Å²) >= 11 is 1.13. The van der Waals surface area contributed by atoms with Crippen molar-refractivity contribution in [3.8, 4) is 0 Å². The molecule has 8 heteroatoms. The van der Waals surface area contributed by atoms with Crippen LogP contribution in [0.3, 0.4) is 0 Å². The second-order valence-electron chi connectivity index (χ2n) is 5.09. The zero-order valence-corrected chi connectivity index (χ0v) is 13.5. The zero-order chi connectivity index (χ0) is 16.3. The first kappa shape index (κ1) is 17.4. The Balaban J connectivity index is 2.72. The van der Waals surface area contributed by atoms with Crippen LogP contribution in [0.15, 0.2) is 18.2 Å². The minimum absolute atomic E-state index is 0.00284. The fraction of sp³-hybridized carbons (Fsp3) is 0.385. The molecule has 0 unspecified atom stereocenters. The van der Waals surface area contributed by atoms with E-state index in [9.17, 15) is 18.0 Å². The van der Waals surface area contributed by atoms with Crippen molar-refractivity contribution in [3.63, 3.8) is 0 Å². The van der Waals surface area contributed by atoms with E-state index in [1.54, 1.807) is 12.1 Å². The number of amides is 1. The van der Waals surface area contributed by atoms with Gasteiger partial charge in [0, 0.05) is 23.8 Å². The van der Waals surface area contributed by atoms with Gasteiger partial charge in [-0.25, -0.2) is 13.2 Å². The van der Waals surface area contributed by atoms with Crippen molar-refractivity contribution in [2.24, 2.45) is 0 Å². The Morgan fingerprint density at radius 3 is 2.52 bits per heavy atom. The van der Waals surface area contributed by atoms with Gasteiger partial charge in [0.2, 0.25) is 0 Å². The second-order valence-corrected chi connectivity index (χ2v) is 8.85. The second kappa shape index (κ2) is 6.40. The summed E-state index contributed by atoms with van der Waals surface area (Å²) in [6.07, 6.45) is 3.50. The van der Waals surface area contributed by atoms with E-state index in [0.717, 1.165) is 23.7 Å². The molecule has 1 rings (SSSR count). The van der Waals surface area contributed by atoms with Crippen LogP contribution in [0.5, 0.6) is 0 Å². The van der Waals surface area contributed by atoms with Crippen LogP contribution in [0.4, 0.5) is 0 Å². The summed E-state index contributed by atoms with van der Waals surface area (Å²) in [6, 6.07) is 3.19. The summed E-state index contributed by atoms with van der Waals surface area (Å²) in [4.78, 5) is 23.4. The first-order valence-corrected chi connectivity index (χ1v) is 8.72. The fourth-order valence-electron chi connectivity index (χ4n) is 1.23. The van der Waals surface area contributed by atoms with E-state index in [1.165, 1.54) is 19.9 Å². The van der Waals surface area contributed by atoms with E-state index in [-0.39, 0.29) is 12.5 Å². The lowest BCUT2D eigenvalue weighted by atomic mass is 10.2. The van der Waals surface area contributed by atoms with Gasteiger partial charge >= 0.3 is 5.97 Å². The van der Waals surface area contributed by atoms with Crippen molar-refractivity contribution < 1.29 is 23.1 Å². The number of aliphatic carboxylic acids is 1. The lowest BCUT2D eigenvalue weighted by Gasteiger charge is -2.22. The van der Waals surface area contributed by atoms with Gasteiger partial charge in [0.15, 0.2) is 9.84 Å². The number of rotatable bonds is 6. The zero-order valence-electron chi connectivity index (χ0n) is 11.9. The number of hydrogen-bond donors (Lipinski definition) is 2. The van der Waals surface area contributed by atoms with E-state index in [4.69, 9.17) is 5.11 Å². The highest BCUT2D eigenvalue weighted by molar-refractivity contribution is 7.92. The number of carbonyl (C=O) groups is 2. The van der Waals surface area contributed by atoms with E-state index in [0.29, 0.717) is 9.75 Å². The number of hydrogen-bond acceptors (Lipinski definition) is 5. The Morgan fingerprint density at radius 1 is 1.38 bits per heavy atom. The molecule has 0 atom stereocenters. The van der Waals surface area contributed by atoms with Crippen LogP contribution in [-0.4, -0.2) is 42.9 Å². The van der Waals surface area contributed by atoms with Gasteiger partial charge in [-0.05, 0) is 32.1 Å². The normalized spacial score (nSPS) is 12.5. The third kappa shape index (κ3) is 4.98. The molecule has 0 fully saturated rings. The SMILES string of the molecule is CC(C)(CNC(=O)c1ccc(C=CC(=O)O)s1)S(C)(=O)=O. The maximum absolute atomic E-state index is 11.9. The monoisotopic (exact) mass is 331 g/mol. The highest BCUT2D eigenvalue weighted by atomic mass is 32.2. The van der Waals surface area contributed by atoms with E-state index in [2.05, 4.69) is 5.32 Å². The van der Waals surface area contributed by atoms with Crippen molar-refractivity contribution in [1.29, 1.82) is 0 Å². The van der Waals surface area contributed by atoms with Crippen LogP contribution in [0, 0.1) is 0 Å². The predicted octanol–water partition coefficient (Wildman–Crippen LogP) is 1.40. The molecule has 0 saturated heterocycles. The number of carboxylic acids is 1. The van der Waals surface area contributed by atoms with Gasteiger partial charge in [-0.2, -0.15) is 0 Å². The topological polar surface area (TPSA) is 101 Å². The van der Waals surface area contributed by atoms with Gasteiger partial charge in [-0.1, -0.05) is 0 Å². The lowest BCUT2D eigenvalue weighted by Crippen LogP contribution is -2.43. The van der Waals surface area contributed by atoms with Crippen molar-refractivity contribution in [2.45, 2.75) is 18.6 Å². The van der Waals surface area contributed by atoms with Gasteiger partial charge in [0.25, 0.3) is 5.91 Å². The Labute approximate surface area is 127 Å². The predicted molar refractivity (Wildman–Crippen MR) is 82.2 cm³/mol. The summed E-state index contributed by atoms with van der Waals surface area (Å²) in [5.74, 6) is -1.45. The van der Waals surface area contributed by atoms with Gasteiger partial charge in [0.1, 0.15) is 0 Å². The van der Waals surface area contributed by atoms with Crippen molar-refractivity contribution >= 4 is 39.1 Å². The molecule has 0 aromatic carbocycles. The Kier molecular flexibility index (Phi) is 5.30. The fourth-order valence-corrected chi connectivity index (χ4v) is 2.39. The van der Waals surface area contributed by atoms with Crippen LogP contribution in [0.25, 0.3) is 6.08 Å². The molecule has 0 bridgehead atoms. The molecular formula is C13H17NO5S2. The van der Waals surface area contributed by atoms with Gasteiger partial charge in [0.05, 0.1) is 9.62 Å². The largest absolute Gasteiger partial charge is 0.478 e. The number of sulfone groups is 1. The van der Waals surface area contributed by atoms with Gasteiger partial charge in [-0.3, -0.25) is 4.79 Å². The van der Waals surface area contributed by atoms with E-state index >= 15 is 0 Å². The lowest BCUT2D eigenvalue weighted by molar-refractivity contribution is -0.131. The summed E-state index contributed by atoms with van der Waals surface area (Å²) in [5.41, 5.74) is 0. The van der Waals surface area contributed by atoms with E-state index < -0.39 is 20.6 Å². The molecule has 1 aromatic rings. The molecule has 0 saturated carbocycles. The Bertz CT molecular complexity index is 670. The quantitative estimate of drug-likeness (QED) is 0.767. The first-order chi connectivity index (χ1) is 9.53. The van der Waals surface area contributed by atoms with Gasteiger partial charge < -0.3 is 10.4 Å². The summed E-state index contributed by atoms with van der Waals surface area (Å²) in [5, 5.41) is 11.1. The van der Waals surface area contributed by atoms with Crippen LogP contribution >= 0.6 is 11.3 Å². The minimum Gasteiger partial charge on any atom is -0.478 e. The number of carbonyl (C=O) groups excluding carboxylic acids is 1. The molecule has 0 radical (unpaired) electrons. The standard InChI is InChI=1S/C13H17NO5S2/c1-13(2,21(3,18)19)8-14-12(17)10-6-4-9(20-10)5-7-11(15)16/h4-7H,8H2,1-3H3,(H,14,17)(H,15,16). The van der Waals surface area contributed by atoms with Crippen LogP contribution in [0.1, 0.15) is 28.4 Å². The highest BCUT2D eigenvalue weighted by Crippen LogP contribution is 2.19. The molecule has 0 aliphatic rings. The van der Waals surface area contributed by atoms with Crippen molar-refractivity contribution in [3.05, 3.63) is 28.0 Å². The smallest absolute Gasteiger partial charge is 0.328 e. The average molecular weight is 331 g/mol. The van der Waals surface area contributed by atoms with Crippen LogP contribution in [0.2, 0.25) is 0 Å². The van der Waals surface area contributed by atoms with Crippen molar-refractivity contribution in [2.75, 3.05) is 12.8 Å². The number of carboxylic acid groups (broad SMARTS) is 1. The summed E-state index contributed by atoms with van der Waals surface area (Å²) in [7, 11) is -3.28. The number of thiophene rings is 1. The Morgan fingerprint density at radius 2 is 2.00 bits per heavy atom. The molecule has 1 heterocycles. The maximum atomic E-state index is 11.9. The van der Waals surface area contributed by atoms with Crippen LogP contribution in [-0.2, 0) is 14.6 Å². The molecule has 1 amide bonds. The molecular weight excluding hydrogens is 314 g/mol. The molecule has 0 spiro atoms. The third-order valence-electron chi connectivity index (χ3n) is 2.92. The average Bonchev–Trinajstić information content (AvgIpc) is 2.81. The maximum Gasteiger partial charge on any atom is 0.328 e. The first-order valence-electron chi connectivity index (χ1n) is 6.01. The molecule has 116 valence electrons.